The van der Waals surface area contributed by atoms with Gasteiger partial charge in [0.05, 0.1) is 12.0 Å². The van der Waals surface area contributed by atoms with Gasteiger partial charge >= 0.3 is 5.97 Å². The molecule has 4 nitrogen and oxygen atoms in total. The molecule has 0 saturated heterocycles. The summed E-state index contributed by atoms with van der Waals surface area (Å²) >= 11 is 0. The second-order valence-electron chi connectivity index (χ2n) is 8.15. The SMILES string of the molecule is CC(=O)O[C@H]1CCC[C@@H]1Cc1ccc([C@H](C)C(=O)N[C@@H](C)c2ccccc2)cc1. The summed E-state index contributed by atoms with van der Waals surface area (Å²) < 4.78 is 5.47. The van der Waals surface area contributed by atoms with Crippen LogP contribution in [0.5, 0.6) is 0 Å². The summed E-state index contributed by atoms with van der Waals surface area (Å²) in [6.45, 7) is 5.43. The molecule has 1 aliphatic rings. The number of hydrogen-bond acceptors (Lipinski definition) is 3. The Morgan fingerprint density at radius 2 is 1.69 bits per heavy atom. The van der Waals surface area contributed by atoms with Gasteiger partial charge in [-0.05, 0) is 62.1 Å². The van der Waals surface area contributed by atoms with E-state index in [1.807, 2.05) is 56.3 Å². The molecule has 0 radical (unpaired) electrons. The molecule has 0 heterocycles. The van der Waals surface area contributed by atoms with Crippen molar-refractivity contribution in [3.8, 4) is 0 Å². The summed E-state index contributed by atoms with van der Waals surface area (Å²) in [6, 6.07) is 18.3. The maximum absolute atomic E-state index is 12.7. The van der Waals surface area contributed by atoms with Crippen molar-refractivity contribution in [2.75, 3.05) is 0 Å². The van der Waals surface area contributed by atoms with Crippen molar-refractivity contribution < 1.29 is 14.3 Å². The predicted molar refractivity (Wildman–Crippen MR) is 114 cm³/mol. The third-order valence-corrected chi connectivity index (χ3v) is 5.94. The lowest BCUT2D eigenvalue weighted by atomic mass is 9.93. The van der Waals surface area contributed by atoms with Crippen LogP contribution < -0.4 is 5.32 Å². The maximum atomic E-state index is 12.7. The number of nitrogens with one attached hydrogen (secondary N) is 1. The molecule has 1 amide bonds. The molecule has 2 aromatic carbocycles. The fourth-order valence-corrected chi connectivity index (χ4v) is 4.16. The fourth-order valence-electron chi connectivity index (χ4n) is 4.16. The van der Waals surface area contributed by atoms with Crippen LogP contribution in [0.1, 0.15) is 68.7 Å². The van der Waals surface area contributed by atoms with Gasteiger partial charge in [0, 0.05) is 6.92 Å². The third kappa shape index (κ3) is 5.69. The number of carbonyl (C=O) groups is 2. The minimum Gasteiger partial charge on any atom is -0.462 e. The molecule has 1 fully saturated rings. The number of carbonyl (C=O) groups excluding carboxylic acids is 2. The number of esters is 1. The first-order valence-electron chi connectivity index (χ1n) is 10.6. The van der Waals surface area contributed by atoms with Gasteiger partial charge in [0.15, 0.2) is 0 Å². The molecular formula is C25H31NO3. The Kier molecular flexibility index (Phi) is 7.08. The lowest BCUT2D eigenvalue weighted by Gasteiger charge is -2.20. The van der Waals surface area contributed by atoms with E-state index in [0.717, 1.165) is 36.8 Å². The Morgan fingerprint density at radius 3 is 2.34 bits per heavy atom. The Labute approximate surface area is 173 Å². The molecule has 3 rings (SSSR count). The summed E-state index contributed by atoms with van der Waals surface area (Å²) in [7, 11) is 0. The first kappa shape index (κ1) is 21.1. The lowest BCUT2D eigenvalue weighted by molar-refractivity contribution is -0.148. The van der Waals surface area contributed by atoms with Crippen molar-refractivity contribution in [2.24, 2.45) is 5.92 Å². The van der Waals surface area contributed by atoms with Crippen LogP contribution >= 0.6 is 0 Å². The maximum Gasteiger partial charge on any atom is 0.302 e. The number of benzene rings is 2. The monoisotopic (exact) mass is 393 g/mol. The zero-order valence-electron chi connectivity index (χ0n) is 17.6. The summed E-state index contributed by atoms with van der Waals surface area (Å²) in [5.74, 6) is 0.00863. The van der Waals surface area contributed by atoms with E-state index in [4.69, 9.17) is 4.74 Å². The third-order valence-electron chi connectivity index (χ3n) is 5.94. The molecule has 1 aliphatic carbocycles. The fraction of sp³-hybridized carbons (Fsp3) is 0.440. The van der Waals surface area contributed by atoms with Crippen molar-refractivity contribution in [1.29, 1.82) is 0 Å². The van der Waals surface area contributed by atoms with Crippen molar-refractivity contribution in [2.45, 2.75) is 64.5 Å². The molecule has 154 valence electrons. The van der Waals surface area contributed by atoms with Gasteiger partial charge in [0.25, 0.3) is 0 Å². The number of hydrogen-bond donors (Lipinski definition) is 1. The summed E-state index contributed by atoms with van der Waals surface area (Å²) in [6.07, 6.45) is 4.10. The van der Waals surface area contributed by atoms with Gasteiger partial charge in [-0.2, -0.15) is 0 Å². The van der Waals surface area contributed by atoms with Crippen LogP contribution in [-0.2, 0) is 20.7 Å². The van der Waals surface area contributed by atoms with Crippen LogP contribution in [0, 0.1) is 5.92 Å². The molecule has 0 spiro atoms. The number of amides is 1. The van der Waals surface area contributed by atoms with E-state index in [1.54, 1.807) is 0 Å². The Hall–Kier alpha value is -2.62. The lowest BCUT2D eigenvalue weighted by Crippen LogP contribution is -2.30. The second kappa shape index (κ2) is 9.73. The van der Waals surface area contributed by atoms with Crippen molar-refractivity contribution in [3.05, 3.63) is 71.3 Å². The topological polar surface area (TPSA) is 55.4 Å². The minimum atomic E-state index is -0.213. The molecule has 2 aromatic rings. The summed E-state index contributed by atoms with van der Waals surface area (Å²) in [5, 5.41) is 3.10. The molecule has 29 heavy (non-hydrogen) atoms. The molecule has 0 aromatic heterocycles. The first-order chi connectivity index (χ1) is 13.9. The van der Waals surface area contributed by atoms with Crippen molar-refractivity contribution >= 4 is 11.9 Å². The molecule has 1 saturated carbocycles. The van der Waals surface area contributed by atoms with Crippen LogP contribution in [-0.4, -0.2) is 18.0 Å². The predicted octanol–water partition coefficient (Wildman–Crippen LogP) is 4.94. The highest BCUT2D eigenvalue weighted by Crippen LogP contribution is 2.31. The first-order valence-corrected chi connectivity index (χ1v) is 10.6. The van der Waals surface area contributed by atoms with Gasteiger partial charge in [0.1, 0.15) is 6.10 Å². The number of rotatable bonds is 7. The highest BCUT2D eigenvalue weighted by Gasteiger charge is 2.29. The normalized spacial score (nSPS) is 20.7. The van der Waals surface area contributed by atoms with Crippen molar-refractivity contribution in [1.82, 2.24) is 5.32 Å². The summed E-state index contributed by atoms with van der Waals surface area (Å²) in [5.41, 5.74) is 3.33. The van der Waals surface area contributed by atoms with Gasteiger partial charge < -0.3 is 10.1 Å². The standard InChI is InChI=1S/C25H31NO3/c1-17(25(28)26-18(2)22-8-5-4-6-9-22)21-14-12-20(13-15-21)16-23-10-7-11-24(23)29-19(3)27/h4-6,8-9,12-15,17-18,23-24H,7,10-11,16H2,1-3H3,(H,26,28)/t17-,18-,23+,24-/m0/s1. The molecular weight excluding hydrogens is 362 g/mol. The van der Waals surface area contributed by atoms with Crippen LogP contribution in [0.4, 0.5) is 0 Å². The zero-order valence-corrected chi connectivity index (χ0v) is 17.6. The van der Waals surface area contributed by atoms with E-state index in [9.17, 15) is 9.59 Å². The van der Waals surface area contributed by atoms with Crippen LogP contribution in [0.25, 0.3) is 0 Å². The average molecular weight is 394 g/mol. The molecule has 1 N–H and O–H groups in total. The van der Waals surface area contributed by atoms with Gasteiger partial charge in [0.2, 0.25) is 5.91 Å². The Morgan fingerprint density at radius 1 is 1.00 bits per heavy atom. The van der Waals surface area contributed by atoms with Crippen LogP contribution in [0.2, 0.25) is 0 Å². The van der Waals surface area contributed by atoms with Gasteiger partial charge in [-0.1, -0.05) is 54.6 Å². The van der Waals surface area contributed by atoms with E-state index >= 15 is 0 Å². The van der Waals surface area contributed by atoms with Gasteiger partial charge in [-0.25, -0.2) is 0 Å². The highest BCUT2D eigenvalue weighted by molar-refractivity contribution is 5.83. The van der Waals surface area contributed by atoms with E-state index in [0.29, 0.717) is 5.92 Å². The molecule has 4 heteroatoms. The Balaban J connectivity index is 1.57. The summed E-state index contributed by atoms with van der Waals surface area (Å²) in [4.78, 5) is 24.0. The van der Waals surface area contributed by atoms with Crippen LogP contribution in [0.3, 0.4) is 0 Å². The molecule has 0 aliphatic heterocycles. The quantitative estimate of drug-likeness (QED) is 0.678. The van der Waals surface area contributed by atoms with Gasteiger partial charge in [-0.15, -0.1) is 0 Å². The van der Waals surface area contributed by atoms with E-state index in [2.05, 4.69) is 17.4 Å². The smallest absolute Gasteiger partial charge is 0.302 e. The average Bonchev–Trinajstić information content (AvgIpc) is 3.14. The van der Waals surface area contributed by atoms with E-state index in [1.165, 1.54) is 12.5 Å². The minimum absolute atomic E-state index is 0.0222. The van der Waals surface area contributed by atoms with Gasteiger partial charge in [-0.3, -0.25) is 9.59 Å². The second-order valence-corrected chi connectivity index (χ2v) is 8.15. The number of ether oxygens (including phenoxy) is 1. The molecule has 0 unspecified atom stereocenters. The van der Waals surface area contributed by atoms with Crippen molar-refractivity contribution in [3.63, 3.8) is 0 Å². The largest absolute Gasteiger partial charge is 0.462 e. The molecule has 4 atom stereocenters. The molecule has 0 bridgehead atoms. The van der Waals surface area contributed by atoms with E-state index in [-0.39, 0.29) is 29.9 Å². The highest BCUT2D eigenvalue weighted by atomic mass is 16.5. The van der Waals surface area contributed by atoms with Crippen LogP contribution in [0.15, 0.2) is 54.6 Å². The Bertz CT molecular complexity index is 816. The van der Waals surface area contributed by atoms with E-state index < -0.39 is 0 Å². The zero-order chi connectivity index (χ0) is 20.8.